The van der Waals surface area contributed by atoms with E-state index in [9.17, 15) is 15.0 Å². The van der Waals surface area contributed by atoms with Gasteiger partial charge in [0.1, 0.15) is 39.6 Å². The number of hydrogen-bond acceptors (Lipinski definition) is 5. The summed E-state index contributed by atoms with van der Waals surface area (Å²) < 4.78 is 11.7. The maximum atomic E-state index is 12.4. The van der Waals surface area contributed by atoms with Gasteiger partial charge in [0.05, 0.1) is 0 Å². The summed E-state index contributed by atoms with van der Waals surface area (Å²) in [7, 11) is 0. The molecule has 0 unspecified atom stereocenters. The standard InChI is InChI=1S/C20H18O5/c1-20(2)6-5-12-7-11(3-4-16(12)25-20)17-10-15(23)19-14(22)8-13(21)9-18(19)24-17/h3-4,7-10,21-22H,5-6H2,1-2H3. The molecule has 2 aromatic carbocycles. The van der Waals surface area contributed by atoms with Crippen molar-refractivity contribution in [2.45, 2.75) is 32.3 Å². The highest BCUT2D eigenvalue weighted by Gasteiger charge is 2.26. The number of fused-ring (bicyclic) bond motifs is 2. The van der Waals surface area contributed by atoms with Crippen molar-refractivity contribution in [3.05, 3.63) is 52.2 Å². The molecule has 0 fully saturated rings. The molecule has 2 heterocycles. The highest BCUT2D eigenvalue weighted by molar-refractivity contribution is 5.86. The van der Waals surface area contributed by atoms with Gasteiger partial charge in [-0.1, -0.05) is 0 Å². The minimum absolute atomic E-state index is 0.0598. The third-order valence-corrected chi connectivity index (χ3v) is 4.52. The Hall–Kier alpha value is -2.95. The van der Waals surface area contributed by atoms with Gasteiger partial charge in [0.25, 0.3) is 0 Å². The van der Waals surface area contributed by atoms with Crippen molar-refractivity contribution >= 4 is 11.0 Å². The average molecular weight is 338 g/mol. The highest BCUT2D eigenvalue weighted by atomic mass is 16.5. The molecule has 1 aliphatic heterocycles. The van der Waals surface area contributed by atoms with Crippen LogP contribution in [0.3, 0.4) is 0 Å². The van der Waals surface area contributed by atoms with E-state index in [1.807, 2.05) is 18.2 Å². The molecule has 3 aromatic rings. The lowest BCUT2D eigenvalue weighted by atomic mass is 9.93. The first kappa shape index (κ1) is 15.6. The Balaban J connectivity index is 1.84. The molecule has 0 spiro atoms. The monoisotopic (exact) mass is 338 g/mol. The van der Waals surface area contributed by atoms with Gasteiger partial charge in [0, 0.05) is 23.8 Å². The lowest BCUT2D eigenvalue weighted by Crippen LogP contribution is -2.32. The van der Waals surface area contributed by atoms with Gasteiger partial charge < -0.3 is 19.4 Å². The van der Waals surface area contributed by atoms with Crippen LogP contribution in [0.2, 0.25) is 0 Å². The second-order valence-electron chi connectivity index (χ2n) is 7.00. The summed E-state index contributed by atoms with van der Waals surface area (Å²) >= 11 is 0. The number of phenolic OH excluding ortho intramolecular Hbond substituents is 2. The largest absolute Gasteiger partial charge is 0.508 e. The third-order valence-electron chi connectivity index (χ3n) is 4.52. The van der Waals surface area contributed by atoms with Crippen LogP contribution in [0.25, 0.3) is 22.3 Å². The Labute approximate surface area is 144 Å². The minimum Gasteiger partial charge on any atom is -0.508 e. The number of ether oxygens (including phenoxy) is 1. The predicted octanol–water partition coefficient (Wildman–Crippen LogP) is 3.97. The quantitative estimate of drug-likeness (QED) is 0.702. The van der Waals surface area contributed by atoms with Crippen molar-refractivity contribution in [3.8, 4) is 28.6 Å². The number of hydrogen-bond donors (Lipinski definition) is 2. The first-order valence-corrected chi connectivity index (χ1v) is 8.15. The normalized spacial score (nSPS) is 15.6. The molecule has 0 aliphatic carbocycles. The molecule has 0 atom stereocenters. The molecule has 5 nitrogen and oxygen atoms in total. The van der Waals surface area contributed by atoms with Crippen LogP contribution in [0.15, 0.2) is 45.6 Å². The summed E-state index contributed by atoms with van der Waals surface area (Å²) in [6.45, 7) is 4.12. The minimum atomic E-state index is -0.358. The van der Waals surface area contributed by atoms with Crippen LogP contribution in [-0.4, -0.2) is 15.8 Å². The summed E-state index contributed by atoms with van der Waals surface area (Å²) in [6, 6.07) is 9.48. The Morgan fingerprint density at radius 2 is 1.88 bits per heavy atom. The zero-order chi connectivity index (χ0) is 17.8. The molecule has 1 aromatic heterocycles. The molecule has 128 valence electrons. The van der Waals surface area contributed by atoms with Crippen molar-refractivity contribution in [1.82, 2.24) is 0 Å². The number of rotatable bonds is 1. The smallest absolute Gasteiger partial charge is 0.197 e. The fourth-order valence-corrected chi connectivity index (χ4v) is 3.21. The molecule has 0 saturated heterocycles. The van der Waals surface area contributed by atoms with Crippen molar-refractivity contribution in [2.75, 3.05) is 0 Å². The average Bonchev–Trinajstić information content (AvgIpc) is 2.52. The maximum absolute atomic E-state index is 12.4. The molecule has 1 aliphatic rings. The molecule has 0 amide bonds. The zero-order valence-corrected chi connectivity index (χ0v) is 14.0. The highest BCUT2D eigenvalue weighted by Crippen LogP contribution is 2.36. The Kier molecular flexibility index (Phi) is 3.29. The fourth-order valence-electron chi connectivity index (χ4n) is 3.21. The Bertz CT molecular complexity index is 1050. The number of benzene rings is 2. The van der Waals surface area contributed by atoms with Gasteiger partial charge in [-0.2, -0.15) is 0 Å². The molecule has 2 N–H and O–H groups in total. The van der Waals surface area contributed by atoms with Crippen LogP contribution in [0.1, 0.15) is 25.8 Å². The van der Waals surface area contributed by atoms with Crippen LogP contribution in [0, 0.1) is 0 Å². The third kappa shape index (κ3) is 2.71. The van der Waals surface area contributed by atoms with Crippen molar-refractivity contribution in [2.24, 2.45) is 0 Å². The number of phenols is 2. The van der Waals surface area contributed by atoms with Gasteiger partial charge in [-0.3, -0.25) is 4.79 Å². The van der Waals surface area contributed by atoms with Crippen LogP contribution in [-0.2, 0) is 6.42 Å². The topological polar surface area (TPSA) is 79.9 Å². The van der Waals surface area contributed by atoms with E-state index in [-0.39, 0.29) is 33.5 Å². The molecule has 0 bridgehead atoms. The van der Waals surface area contributed by atoms with Crippen LogP contribution in [0.5, 0.6) is 17.2 Å². The van der Waals surface area contributed by atoms with Crippen molar-refractivity contribution in [3.63, 3.8) is 0 Å². The lowest BCUT2D eigenvalue weighted by molar-refractivity contribution is 0.0847. The van der Waals surface area contributed by atoms with Crippen molar-refractivity contribution in [1.29, 1.82) is 0 Å². The summed E-state index contributed by atoms with van der Waals surface area (Å²) in [5, 5.41) is 19.6. The van der Waals surface area contributed by atoms with E-state index in [1.54, 1.807) is 0 Å². The van der Waals surface area contributed by atoms with E-state index in [0.29, 0.717) is 5.76 Å². The van der Waals surface area contributed by atoms with E-state index in [1.165, 1.54) is 12.1 Å². The van der Waals surface area contributed by atoms with E-state index >= 15 is 0 Å². The van der Waals surface area contributed by atoms with Gasteiger partial charge in [-0.15, -0.1) is 0 Å². The summed E-state index contributed by atoms with van der Waals surface area (Å²) in [5.41, 5.74) is 1.43. The van der Waals surface area contributed by atoms with Crippen LogP contribution < -0.4 is 10.2 Å². The molecular formula is C20H18O5. The summed E-state index contributed by atoms with van der Waals surface area (Å²) in [6.07, 6.45) is 1.79. The Morgan fingerprint density at radius 1 is 1.08 bits per heavy atom. The first-order valence-electron chi connectivity index (χ1n) is 8.15. The van der Waals surface area contributed by atoms with Gasteiger partial charge >= 0.3 is 0 Å². The fraction of sp³-hybridized carbons (Fsp3) is 0.250. The van der Waals surface area contributed by atoms with Gasteiger partial charge in [-0.05, 0) is 50.5 Å². The number of aryl methyl sites for hydroxylation is 1. The second kappa shape index (κ2) is 5.28. The molecule has 25 heavy (non-hydrogen) atoms. The molecular weight excluding hydrogens is 320 g/mol. The van der Waals surface area contributed by atoms with Gasteiger partial charge in [0.15, 0.2) is 5.43 Å². The van der Waals surface area contributed by atoms with E-state index in [2.05, 4.69) is 13.8 Å². The van der Waals surface area contributed by atoms with Gasteiger partial charge in [-0.25, -0.2) is 0 Å². The first-order chi connectivity index (χ1) is 11.8. The van der Waals surface area contributed by atoms with E-state index < -0.39 is 0 Å². The van der Waals surface area contributed by atoms with E-state index in [0.717, 1.165) is 35.8 Å². The van der Waals surface area contributed by atoms with Crippen molar-refractivity contribution < 1.29 is 19.4 Å². The molecule has 4 rings (SSSR count). The Morgan fingerprint density at radius 3 is 2.68 bits per heavy atom. The summed E-state index contributed by atoms with van der Waals surface area (Å²) in [4.78, 5) is 12.4. The van der Waals surface area contributed by atoms with Crippen LogP contribution in [0.4, 0.5) is 0 Å². The second-order valence-corrected chi connectivity index (χ2v) is 7.00. The lowest BCUT2D eigenvalue weighted by Gasteiger charge is -2.32. The number of aromatic hydroxyl groups is 2. The SMILES string of the molecule is CC1(C)CCc2cc(-c3cc(=O)c4c(O)cc(O)cc4o3)ccc2O1. The molecule has 5 heteroatoms. The van der Waals surface area contributed by atoms with Crippen LogP contribution >= 0.6 is 0 Å². The zero-order valence-electron chi connectivity index (χ0n) is 14.0. The summed E-state index contributed by atoms with van der Waals surface area (Å²) in [5.74, 6) is 0.774. The molecule has 0 saturated carbocycles. The maximum Gasteiger partial charge on any atom is 0.197 e. The predicted molar refractivity (Wildman–Crippen MR) is 94.3 cm³/mol. The van der Waals surface area contributed by atoms with Gasteiger partial charge in [0.2, 0.25) is 0 Å². The van der Waals surface area contributed by atoms with E-state index in [4.69, 9.17) is 9.15 Å². The molecule has 0 radical (unpaired) electrons.